The third-order valence-corrected chi connectivity index (χ3v) is 3.63. The van der Waals surface area contributed by atoms with Crippen molar-refractivity contribution in [1.29, 1.82) is 0 Å². The molecule has 0 spiro atoms. The van der Waals surface area contributed by atoms with Gasteiger partial charge in [0, 0.05) is 18.8 Å². The van der Waals surface area contributed by atoms with E-state index in [-0.39, 0.29) is 0 Å². The van der Waals surface area contributed by atoms with Crippen molar-refractivity contribution >= 4 is 17.1 Å². The quantitative estimate of drug-likeness (QED) is 0.767. The van der Waals surface area contributed by atoms with Crippen LogP contribution < -0.4 is 10.6 Å². The highest BCUT2D eigenvalue weighted by Crippen LogP contribution is 2.22. The lowest BCUT2D eigenvalue weighted by Gasteiger charge is -2.20. The second kappa shape index (κ2) is 8.29. The molecule has 0 bridgehead atoms. The summed E-state index contributed by atoms with van der Waals surface area (Å²) in [4.78, 5) is 2.30. The summed E-state index contributed by atoms with van der Waals surface area (Å²) in [5.74, 6) is 0. The van der Waals surface area contributed by atoms with Gasteiger partial charge >= 0.3 is 0 Å². The zero-order valence-corrected chi connectivity index (χ0v) is 13.4. The zero-order chi connectivity index (χ0) is 15.8. The van der Waals surface area contributed by atoms with Crippen LogP contribution in [0.4, 0.5) is 17.1 Å². The van der Waals surface area contributed by atoms with E-state index in [1.54, 1.807) is 0 Å². The first-order chi connectivity index (χ1) is 10.8. The van der Waals surface area contributed by atoms with E-state index < -0.39 is 0 Å². The van der Waals surface area contributed by atoms with Crippen LogP contribution in [0, 0.1) is 0 Å². The van der Waals surface area contributed by atoms with Gasteiger partial charge in [0.15, 0.2) is 0 Å². The fourth-order valence-corrected chi connectivity index (χ4v) is 2.33. The highest BCUT2D eigenvalue weighted by Gasteiger charge is 2.00. The SMILES string of the molecule is CCN(CC)c1ccc(N=Nc2ccc(CCN)cc2)cc1. The molecule has 0 aliphatic rings. The molecule has 0 saturated carbocycles. The summed E-state index contributed by atoms with van der Waals surface area (Å²) in [7, 11) is 0. The first-order valence-electron chi connectivity index (χ1n) is 7.82. The lowest BCUT2D eigenvalue weighted by molar-refractivity contribution is 0.866. The minimum atomic E-state index is 0.666. The lowest BCUT2D eigenvalue weighted by atomic mass is 10.1. The van der Waals surface area contributed by atoms with Crippen molar-refractivity contribution in [3.63, 3.8) is 0 Å². The molecule has 22 heavy (non-hydrogen) atoms. The fraction of sp³-hybridized carbons (Fsp3) is 0.333. The van der Waals surface area contributed by atoms with Crippen LogP contribution in [0.1, 0.15) is 19.4 Å². The maximum Gasteiger partial charge on any atom is 0.0858 e. The van der Waals surface area contributed by atoms with Crippen LogP contribution in [0.2, 0.25) is 0 Å². The van der Waals surface area contributed by atoms with Crippen LogP contribution in [0.15, 0.2) is 58.8 Å². The Bertz CT molecular complexity index is 583. The monoisotopic (exact) mass is 296 g/mol. The zero-order valence-electron chi connectivity index (χ0n) is 13.4. The molecule has 116 valence electrons. The number of nitrogens with zero attached hydrogens (tertiary/aromatic N) is 3. The highest BCUT2D eigenvalue weighted by molar-refractivity contribution is 5.52. The predicted molar refractivity (Wildman–Crippen MR) is 93.4 cm³/mol. The molecule has 0 aliphatic heterocycles. The summed E-state index contributed by atoms with van der Waals surface area (Å²) in [6.45, 7) is 7.00. The van der Waals surface area contributed by atoms with Crippen molar-refractivity contribution in [2.45, 2.75) is 20.3 Å². The van der Waals surface area contributed by atoms with Crippen molar-refractivity contribution in [3.8, 4) is 0 Å². The Hall–Kier alpha value is -2.20. The van der Waals surface area contributed by atoms with E-state index in [2.05, 4.69) is 41.1 Å². The molecule has 0 atom stereocenters. The predicted octanol–water partition coefficient (Wildman–Crippen LogP) is 4.45. The Kier molecular flexibility index (Phi) is 6.10. The molecule has 4 heteroatoms. The maximum atomic E-state index is 5.54. The summed E-state index contributed by atoms with van der Waals surface area (Å²) >= 11 is 0. The normalized spacial score (nSPS) is 11.0. The number of hydrogen-bond acceptors (Lipinski definition) is 4. The molecule has 2 aromatic rings. The molecular weight excluding hydrogens is 272 g/mol. The van der Waals surface area contributed by atoms with E-state index >= 15 is 0 Å². The smallest absolute Gasteiger partial charge is 0.0858 e. The average Bonchev–Trinajstić information content (AvgIpc) is 2.57. The molecule has 2 N–H and O–H groups in total. The number of anilines is 1. The van der Waals surface area contributed by atoms with Crippen LogP contribution in [0.25, 0.3) is 0 Å². The Balaban J connectivity index is 2.03. The summed E-state index contributed by atoms with van der Waals surface area (Å²) in [6, 6.07) is 16.2. The van der Waals surface area contributed by atoms with Crippen LogP contribution >= 0.6 is 0 Å². The van der Waals surface area contributed by atoms with Gasteiger partial charge < -0.3 is 10.6 Å². The molecule has 2 rings (SSSR count). The fourth-order valence-electron chi connectivity index (χ4n) is 2.33. The summed E-state index contributed by atoms with van der Waals surface area (Å²) in [5.41, 5.74) is 9.70. The van der Waals surface area contributed by atoms with Crippen molar-refractivity contribution in [3.05, 3.63) is 54.1 Å². The standard InChI is InChI=1S/C18H24N4/c1-3-22(4-2)18-11-9-17(10-12-18)21-20-16-7-5-15(6-8-16)13-14-19/h5-12H,3-4,13-14,19H2,1-2H3. The van der Waals surface area contributed by atoms with Crippen molar-refractivity contribution in [2.75, 3.05) is 24.5 Å². The van der Waals surface area contributed by atoms with Crippen molar-refractivity contribution in [1.82, 2.24) is 0 Å². The van der Waals surface area contributed by atoms with E-state index in [0.29, 0.717) is 6.54 Å². The molecule has 0 radical (unpaired) electrons. The van der Waals surface area contributed by atoms with Gasteiger partial charge in [0.05, 0.1) is 11.4 Å². The topological polar surface area (TPSA) is 54.0 Å². The Labute approximate surface area is 132 Å². The molecule has 0 fully saturated rings. The van der Waals surface area contributed by atoms with Gasteiger partial charge in [-0.2, -0.15) is 10.2 Å². The van der Waals surface area contributed by atoms with Crippen molar-refractivity contribution < 1.29 is 0 Å². The summed E-state index contributed by atoms with van der Waals surface area (Å²) < 4.78 is 0. The molecule has 2 aromatic carbocycles. The van der Waals surface area contributed by atoms with Crippen molar-refractivity contribution in [2.24, 2.45) is 16.0 Å². The van der Waals surface area contributed by atoms with E-state index in [0.717, 1.165) is 30.9 Å². The average molecular weight is 296 g/mol. The summed E-state index contributed by atoms with van der Waals surface area (Å²) in [6.07, 6.45) is 0.893. The third kappa shape index (κ3) is 4.40. The van der Waals surface area contributed by atoms with E-state index in [4.69, 9.17) is 5.73 Å². The minimum absolute atomic E-state index is 0.666. The van der Waals surface area contributed by atoms with Gasteiger partial charge in [0.1, 0.15) is 0 Å². The highest BCUT2D eigenvalue weighted by atomic mass is 15.1. The molecule has 0 aromatic heterocycles. The number of hydrogen-bond donors (Lipinski definition) is 1. The molecule has 0 saturated heterocycles. The number of rotatable bonds is 7. The van der Waals surface area contributed by atoms with E-state index in [1.807, 2.05) is 36.4 Å². The van der Waals surface area contributed by atoms with Gasteiger partial charge in [0.2, 0.25) is 0 Å². The minimum Gasteiger partial charge on any atom is -0.372 e. The number of azo groups is 1. The molecule has 0 aliphatic carbocycles. The number of benzene rings is 2. The molecule has 4 nitrogen and oxygen atoms in total. The molecule has 0 heterocycles. The van der Waals surface area contributed by atoms with Crippen LogP contribution in [-0.2, 0) is 6.42 Å². The Morgan fingerprint density at radius 1 is 0.818 bits per heavy atom. The van der Waals surface area contributed by atoms with Crippen LogP contribution in [-0.4, -0.2) is 19.6 Å². The largest absolute Gasteiger partial charge is 0.372 e. The van der Waals surface area contributed by atoms with Gasteiger partial charge in [-0.15, -0.1) is 0 Å². The van der Waals surface area contributed by atoms with Gasteiger partial charge in [0.25, 0.3) is 0 Å². The third-order valence-electron chi connectivity index (χ3n) is 3.63. The molecule has 0 unspecified atom stereocenters. The molecule has 0 amide bonds. The second-order valence-corrected chi connectivity index (χ2v) is 5.09. The first-order valence-corrected chi connectivity index (χ1v) is 7.82. The van der Waals surface area contributed by atoms with Gasteiger partial charge in [-0.3, -0.25) is 0 Å². The van der Waals surface area contributed by atoms with Crippen LogP contribution in [0.3, 0.4) is 0 Å². The van der Waals surface area contributed by atoms with Gasteiger partial charge in [-0.25, -0.2) is 0 Å². The summed E-state index contributed by atoms with van der Waals surface area (Å²) in [5, 5.41) is 8.56. The second-order valence-electron chi connectivity index (χ2n) is 5.09. The maximum absolute atomic E-state index is 5.54. The first kappa shape index (κ1) is 16.2. The Morgan fingerprint density at radius 3 is 1.77 bits per heavy atom. The van der Waals surface area contributed by atoms with Gasteiger partial charge in [-0.1, -0.05) is 12.1 Å². The lowest BCUT2D eigenvalue weighted by Crippen LogP contribution is -2.21. The van der Waals surface area contributed by atoms with E-state index in [9.17, 15) is 0 Å². The van der Waals surface area contributed by atoms with Crippen LogP contribution in [0.5, 0.6) is 0 Å². The molecular formula is C18H24N4. The van der Waals surface area contributed by atoms with Gasteiger partial charge in [-0.05, 0) is 68.8 Å². The number of nitrogens with two attached hydrogens (primary N) is 1. The Morgan fingerprint density at radius 2 is 1.32 bits per heavy atom. The van der Waals surface area contributed by atoms with E-state index in [1.165, 1.54) is 11.3 Å².